The van der Waals surface area contributed by atoms with Crippen LogP contribution in [0.2, 0.25) is 0 Å². The third-order valence-corrected chi connectivity index (χ3v) is 5.42. The topological polar surface area (TPSA) is 46.1 Å². The molecule has 0 amide bonds. The molecule has 0 spiro atoms. The quantitative estimate of drug-likeness (QED) is 0.870. The number of hydrogen-bond acceptors (Lipinski definition) is 4. The molecule has 3 rings (SSSR count). The Hall–Kier alpha value is -1.63. The standard InChI is InChI=1S/C15H17F2N3OS/c1-20(10-6-8-22(21)9-7-10)15-11-4-2-3-5-12(11)18-14(19-15)13(16)17/h2-5,10,13H,6-9H2,1H3. The van der Waals surface area contributed by atoms with E-state index < -0.39 is 23.0 Å². The van der Waals surface area contributed by atoms with E-state index in [0.717, 1.165) is 18.2 Å². The zero-order valence-electron chi connectivity index (χ0n) is 12.2. The van der Waals surface area contributed by atoms with Gasteiger partial charge >= 0.3 is 0 Å². The summed E-state index contributed by atoms with van der Waals surface area (Å²) in [5, 5.41) is 0.765. The van der Waals surface area contributed by atoms with Crippen molar-refractivity contribution in [2.45, 2.75) is 25.3 Å². The Morgan fingerprint density at radius 1 is 1.23 bits per heavy atom. The number of aromatic nitrogens is 2. The third kappa shape index (κ3) is 2.95. The molecule has 0 unspecified atom stereocenters. The van der Waals surface area contributed by atoms with Gasteiger partial charge in [0.05, 0.1) is 5.52 Å². The van der Waals surface area contributed by atoms with Gasteiger partial charge in [0, 0.05) is 40.8 Å². The molecule has 0 N–H and O–H groups in total. The molecule has 1 aliphatic rings. The molecule has 1 saturated heterocycles. The summed E-state index contributed by atoms with van der Waals surface area (Å²) in [7, 11) is 1.11. The van der Waals surface area contributed by atoms with Crippen molar-refractivity contribution in [1.29, 1.82) is 0 Å². The highest BCUT2D eigenvalue weighted by molar-refractivity contribution is 7.85. The molecular weight excluding hydrogens is 308 g/mol. The summed E-state index contributed by atoms with van der Waals surface area (Å²) in [4.78, 5) is 9.96. The normalized spacial score (nSPS) is 22.2. The summed E-state index contributed by atoms with van der Waals surface area (Å²) in [6, 6.07) is 7.36. The van der Waals surface area contributed by atoms with Crippen LogP contribution in [-0.4, -0.2) is 38.8 Å². The summed E-state index contributed by atoms with van der Waals surface area (Å²) in [5.41, 5.74) is 0.522. The molecular formula is C15H17F2N3OS. The molecule has 2 aromatic rings. The maximum absolute atomic E-state index is 13.0. The molecule has 0 saturated carbocycles. The van der Waals surface area contributed by atoms with Crippen molar-refractivity contribution in [3.63, 3.8) is 0 Å². The van der Waals surface area contributed by atoms with Crippen LogP contribution in [0.15, 0.2) is 24.3 Å². The highest BCUT2D eigenvalue weighted by Crippen LogP contribution is 2.29. The Labute approximate surface area is 130 Å². The predicted molar refractivity (Wildman–Crippen MR) is 83.8 cm³/mol. The number of anilines is 1. The lowest BCUT2D eigenvalue weighted by atomic mass is 10.1. The molecule has 0 atom stereocenters. The molecule has 0 bridgehead atoms. The second-order valence-corrected chi connectivity index (χ2v) is 7.11. The van der Waals surface area contributed by atoms with E-state index in [1.165, 1.54) is 0 Å². The van der Waals surface area contributed by atoms with Crippen molar-refractivity contribution in [2.24, 2.45) is 0 Å². The maximum Gasteiger partial charge on any atom is 0.297 e. The number of rotatable bonds is 3. The summed E-state index contributed by atoms with van der Waals surface area (Å²) in [6.07, 6.45) is -1.13. The lowest BCUT2D eigenvalue weighted by Gasteiger charge is -2.32. The summed E-state index contributed by atoms with van der Waals surface area (Å²) in [6.45, 7) is 0. The highest BCUT2D eigenvalue weighted by atomic mass is 32.2. The molecule has 7 heteroatoms. The molecule has 2 heterocycles. The average molecular weight is 325 g/mol. The fourth-order valence-electron chi connectivity index (χ4n) is 2.79. The monoisotopic (exact) mass is 325 g/mol. The summed E-state index contributed by atoms with van der Waals surface area (Å²) >= 11 is 0. The highest BCUT2D eigenvalue weighted by Gasteiger charge is 2.25. The van der Waals surface area contributed by atoms with Crippen LogP contribution in [0, 0.1) is 0 Å². The van der Waals surface area contributed by atoms with Crippen LogP contribution >= 0.6 is 0 Å². The third-order valence-electron chi connectivity index (χ3n) is 4.03. The Kier molecular flexibility index (Phi) is 4.33. The molecule has 1 aliphatic heterocycles. The van der Waals surface area contributed by atoms with Crippen LogP contribution < -0.4 is 4.90 Å². The van der Waals surface area contributed by atoms with E-state index in [-0.39, 0.29) is 6.04 Å². The van der Waals surface area contributed by atoms with Crippen molar-refractivity contribution in [3.8, 4) is 0 Å². The Bertz CT molecular complexity index is 700. The van der Waals surface area contributed by atoms with Crippen molar-refractivity contribution >= 4 is 27.5 Å². The van der Waals surface area contributed by atoms with Crippen molar-refractivity contribution in [3.05, 3.63) is 30.1 Å². The number of hydrogen-bond donors (Lipinski definition) is 0. The van der Waals surface area contributed by atoms with Crippen molar-refractivity contribution in [2.75, 3.05) is 23.5 Å². The van der Waals surface area contributed by atoms with Gasteiger partial charge in [-0.1, -0.05) is 12.1 Å². The first-order valence-corrected chi connectivity index (χ1v) is 8.67. The predicted octanol–water partition coefficient (Wildman–Crippen LogP) is 2.91. The van der Waals surface area contributed by atoms with Gasteiger partial charge in [0.25, 0.3) is 6.43 Å². The van der Waals surface area contributed by atoms with Gasteiger partial charge < -0.3 is 4.90 Å². The molecule has 0 aliphatic carbocycles. The molecule has 1 aromatic heterocycles. The van der Waals surface area contributed by atoms with Crippen LogP contribution in [-0.2, 0) is 10.8 Å². The minimum absolute atomic E-state index is 0.168. The van der Waals surface area contributed by atoms with Gasteiger partial charge in [-0.05, 0) is 25.0 Å². The van der Waals surface area contributed by atoms with Gasteiger partial charge in [0.1, 0.15) is 5.82 Å². The fraction of sp³-hybridized carbons (Fsp3) is 0.467. The first kappa shape index (κ1) is 15.3. The number of alkyl halides is 2. The Balaban J connectivity index is 2.02. The Morgan fingerprint density at radius 2 is 1.91 bits per heavy atom. The molecule has 22 heavy (non-hydrogen) atoms. The molecule has 118 valence electrons. The van der Waals surface area contributed by atoms with E-state index in [0.29, 0.717) is 22.8 Å². The second-order valence-electron chi connectivity index (χ2n) is 5.41. The van der Waals surface area contributed by atoms with Gasteiger partial charge in [0.15, 0.2) is 5.82 Å². The first-order valence-electron chi connectivity index (χ1n) is 7.19. The first-order chi connectivity index (χ1) is 10.6. The summed E-state index contributed by atoms with van der Waals surface area (Å²) < 4.78 is 37.6. The van der Waals surface area contributed by atoms with E-state index in [1.807, 2.05) is 24.1 Å². The zero-order valence-corrected chi connectivity index (χ0v) is 13.0. The smallest absolute Gasteiger partial charge is 0.297 e. The number of fused-ring (bicyclic) bond motifs is 1. The van der Waals surface area contributed by atoms with E-state index in [9.17, 15) is 13.0 Å². The number of halogens is 2. The van der Waals surface area contributed by atoms with Gasteiger partial charge in [-0.15, -0.1) is 0 Å². The van der Waals surface area contributed by atoms with Crippen molar-refractivity contribution in [1.82, 2.24) is 9.97 Å². The van der Waals surface area contributed by atoms with Crippen LogP contribution in [0.3, 0.4) is 0 Å². The summed E-state index contributed by atoms with van der Waals surface area (Å²) in [5.74, 6) is 1.39. The Morgan fingerprint density at radius 3 is 2.59 bits per heavy atom. The van der Waals surface area contributed by atoms with Crippen molar-refractivity contribution < 1.29 is 13.0 Å². The van der Waals surface area contributed by atoms with E-state index in [4.69, 9.17) is 0 Å². The van der Waals surface area contributed by atoms with Crippen LogP contribution in [0.1, 0.15) is 25.1 Å². The van der Waals surface area contributed by atoms with Gasteiger partial charge in [-0.2, -0.15) is 0 Å². The molecule has 0 radical (unpaired) electrons. The van der Waals surface area contributed by atoms with E-state index in [1.54, 1.807) is 12.1 Å². The van der Waals surface area contributed by atoms with Crippen LogP contribution in [0.4, 0.5) is 14.6 Å². The average Bonchev–Trinajstić information content (AvgIpc) is 2.53. The van der Waals surface area contributed by atoms with Crippen LogP contribution in [0.5, 0.6) is 0 Å². The maximum atomic E-state index is 13.0. The fourth-order valence-corrected chi connectivity index (χ4v) is 4.06. The molecule has 1 fully saturated rings. The van der Waals surface area contributed by atoms with E-state index >= 15 is 0 Å². The van der Waals surface area contributed by atoms with Crippen LogP contribution in [0.25, 0.3) is 10.9 Å². The second kappa shape index (κ2) is 6.24. The number of para-hydroxylation sites is 1. The minimum Gasteiger partial charge on any atom is -0.356 e. The van der Waals surface area contributed by atoms with E-state index in [2.05, 4.69) is 9.97 Å². The molecule has 1 aromatic carbocycles. The SMILES string of the molecule is CN(c1nc(C(F)F)nc2ccccc12)C1CCS(=O)CC1. The molecule has 4 nitrogen and oxygen atoms in total. The van der Waals surface area contributed by atoms with Gasteiger partial charge in [-0.3, -0.25) is 4.21 Å². The number of benzene rings is 1. The lowest BCUT2D eigenvalue weighted by Crippen LogP contribution is -2.38. The van der Waals surface area contributed by atoms with Gasteiger partial charge in [-0.25, -0.2) is 18.7 Å². The van der Waals surface area contributed by atoms with Gasteiger partial charge in [0.2, 0.25) is 0 Å². The lowest BCUT2D eigenvalue weighted by molar-refractivity contribution is 0.141. The minimum atomic E-state index is -2.70. The number of nitrogens with zero attached hydrogens (tertiary/aromatic N) is 3. The zero-order chi connectivity index (χ0) is 15.7. The largest absolute Gasteiger partial charge is 0.356 e.